The van der Waals surface area contributed by atoms with Crippen molar-refractivity contribution in [1.82, 2.24) is 19.7 Å². The van der Waals surface area contributed by atoms with Gasteiger partial charge in [0, 0.05) is 41.0 Å². The Labute approximate surface area is 231 Å². The van der Waals surface area contributed by atoms with Crippen LogP contribution in [-0.4, -0.2) is 31.7 Å². The largest absolute Gasteiger partial charge is 0.457 e. The van der Waals surface area contributed by atoms with Crippen LogP contribution in [0.1, 0.15) is 42.5 Å². The Balaban J connectivity index is 1.35. The minimum absolute atomic E-state index is 0.110. The summed E-state index contributed by atoms with van der Waals surface area (Å²) in [4.78, 5) is 32.8. The van der Waals surface area contributed by atoms with Gasteiger partial charge in [0.2, 0.25) is 0 Å². The molecule has 4 N–H and O–H groups in total. The molecule has 0 saturated carbocycles. The summed E-state index contributed by atoms with van der Waals surface area (Å²) in [5, 5.41) is 11.6. The van der Waals surface area contributed by atoms with E-state index in [2.05, 4.69) is 41.4 Å². The van der Waals surface area contributed by atoms with Gasteiger partial charge in [0.1, 0.15) is 23.0 Å². The highest BCUT2D eigenvalue weighted by Gasteiger charge is 2.22. The van der Waals surface area contributed by atoms with Crippen LogP contribution in [0.4, 0.5) is 16.3 Å². The Morgan fingerprint density at radius 3 is 2.50 bits per heavy atom. The van der Waals surface area contributed by atoms with Gasteiger partial charge < -0.3 is 15.8 Å². The summed E-state index contributed by atoms with van der Waals surface area (Å²) < 4.78 is 7.62. The highest BCUT2D eigenvalue weighted by molar-refractivity contribution is 5.99. The van der Waals surface area contributed by atoms with Crippen molar-refractivity contribution in [3.63, 3.8) is 0 Å². The third-order valence-corrected chi connectivity index (χ3v) is 6.19. The molecule has 2 aromatic carbocycles. The van der Waals surface area contributed by atoms with Crippen LogP contribution in [-0.2, 0) is 5.41 Å². The summed E-state index contributed by atoms with van der Waals surface area (Å²) in [5.74, 6) is 0.885. The van der Waals surface area contributed by atoms with E-state index >= 15 is 0 Å². The molecule has 202 valence electrons. The molecule has 0 fully saturated rings. The molecule has 0 unspecified atom stereocenters. The fourth-order valence-corrected chi connectivity index (χ4v) is 4.08. The van der Waals surface area contributed by atoms with E-state index in [1.165, 1.54) is 12.3 Å². The molecular weight excluding hydrogens is 506 g/mol. The Bertz CT molecular complexity index is 1740. The lowest BCUT2D eigenvalue weighted by Gasteiger charge is -2.14. The van der Waals surface area contributed by atoms with Crippen LogP contribution < -0.4 is 21.1 Å². The number of urea groups is 1. The fraction of sp³-hybridized carbons (Fsp3) is 0.167. The quantitative estimate of drug-likeness (QED) is 0.245. The minimum Gasteiger partial charge on any atom is -0.457 e. The topological polar surface area (TPSA) is 137 Å². The molecule has 0 saturated heterocycles. The molecule has 5 rings (SSSR count). The van der Waals surface area contributed by atoms with Gasteiger partial charge in [-0.1, -0.05) is 26.8 Å². The lowest BCUT2D eigenvalue weighted by molar-refractivity contribution is 0.0995. The lowest BCUT2D eigenvalue weighted by Crippen LogP contribution is -2.21. The third-order valence-electron chi connectivity index (χ3n) is 6.19. The van der Waals surface area contributed by atoms with E-state index in [0.29, 0.717) is 23.0 Å². The smallest absolute Gasteiger partial charge is 0.324 e. The van der Waals surface area contributed by atoms with Gasteiger partial charge in [-0.05, 0) is 61.0 Å². The first-order valence-electron chi connectivity index (χ1n) is 12.6. The van der Waals surface area contributed by atoms with Crippen molar-refractivity contribution in [2.75, 3.05) is 10.6 Å². The average molecular weight is 536 g/mol. The summed E-state index contributed by atoms with van der Waals surface area (Å²) in [6, 6.07) is 19.5. The minimum atomic E-state index is -0.638. The highest BCUT2D eigenvalue weighted by atomic mass is 16.5. The van der Waals surface area contributed by atoms with E-state index in [0.717, 1.165) is 27.8 Å². The Morgan fingerprint density at radius 1 is 0.925 bits per heavy atom. The molecule has 0 bridgehead atoms. The zero-order chi connectivity index (χ0) is 28.4. The van der Waals surface area contributed by atoms with Gasteiger partial charge in [0.15, 0.2) is 0 Å². The second-order valence-electron chi connectivity index (χ2n) is 10.4. The number of benzene rings is 2. The van der Waals surface area contributed by atoms with Crippen molar-refractivity contribution in [3.05, 3.63) is 96.1 Å². The monoisotopic (exact) mass is 535 g/mol. The summed E-state index contributed by atoms with van der Waals surface area (Å²) in [6.07, 6.45) is 3.21. The SMILES string of the molecule is Cc1cc(NC(=O)Nc2cc(C(C)(C)C)nn2-c2ccc3ncccc3c2)ccc1Oc1ccnc(C(N)=O)c1. The molecule has 0 aliphatic heterocycles. The summed E-state index contributed by atoms with van der Waals surface area (Å²) in [7, 11) is 0. The Morgan fingerprint density at radius 2 is 1.75 bits per heavy atom. The van der Waals surface area contributed by atoms with Crippen LogP contribution in [0.3, 0.4) is 0 Å². The molecule has 40 heavy (non-hydrogen) atoms. The van der Waals surface area contributed by atoms with Crippen LogP contribution in [0, 0.1) is 6.92 Å². The molecule has 0 aliphatic carbocycles. The van der Waals surface area contributed by atoms with Gasteiger partial charge in [-0.3, -0.25) is 20.1 Å². The van der Waals surface area contributed by atoms with Gasteiger partial charge in [-0.2, -0.15) is 5.10 Å². The first-order valence-corrected chi connectivity index (χ1v) is 12.6. The first kappa shape index (κ1) is 26.4. The van der Waals surface area contributed by atoms with Crippen molar-refractivity contribution in [2.45, 2.75) is 33.1 Å². The molecule has 3 heterocycles. The number of primary amides is 1. The Hall–Kier alpha value is -5.25. The van der Waals surface area contributed by atoms with Gasteiger partial charge in [-0.25, -0.2) is 9.48 Å². The van der Waals surface area contributed by atoms with E-state index in [9.17, 15) is 9.59 Å². The maximum absolute atomic E-state index is 13.1. The van der Waals surface area contributed by atoms with Gasteiger partial charge >= 0.3 is 6.03 Å². The average Bonchev–Trinajstić information content (AvgIpc) is 3.34. The van der Waals surface area contributed by atoms with Crippen LogP contribution in [0.25, 0.3) is 16.6 Å². The van der Waals surface area contributed by atoms with Crippen LogP contribution >= 0.6 is 0 Å². The van der Waals surface area contributed by atoms with Crippen LogP contribution in [0.15, 0.2) is 79.1 Å². The summed E-state index contributed by atoms with van der Waals surface area (Å²) in [5.41, 5.74) is 9.06. The van der Waals surface area contributed by atoms with E-state index in [4.69, 9.17) is 15.6 Å². The standard InChI is InChI=1S/C30H29N7O3/c1-18-14-20(7-10-25(18)40-22-11-13-33-24(16-22)28(31)38)34-29(39)35-27-17-26(30(2,3)4)36-37(27)21-8-9-23-19(15-21)6-5-12-32-23/h5-17H,1-4H3,(H2,31,38)(H2,34,35,39). The van der Waals surface area contributed by atoms with Crippen LogP contribution in [0.5, 0.6) is 11.5 Å². The molecule has 3 aromatic heterocycles. The number of fused-ring (bicyclic) bond motifs is 1. The normalized spacial score (nSPS) is 11.3. The zero-order valence-electron chi connectivity index (χ0n) is 22.6. The second-order valence-corrected chi connectivity index (χ2v) is 10.4. The molecule has 10 nitrogen and oxygen atoms in total. The Kier molecular flexibility index (Phi) is 6.91. The number of hydrogen-bond acceptors (Lipinski definition) is 6. The van der Waals surface area contributed by atoms with Crippen molar-refractivity contribution < 1.29 is 14.3 Å². The van der Waals surface area contributed by atoms with Gasteiger partial charge in [0.25, 0.3) is 5.91 Å². The summed E-state index contributed by atoms with van der Waals surface area (Å²) in [6.45, 7) is 8.07. The maximum Gasteiger partial charge on any atom is 0.324 e. The number of rotatable bonds is 6. The van der Waals surface area contributed by atoms with Crippen molar-refractivity contribution >= 4 is 34.3 Å². The van der Waals surface area contributed by atoms with Gasteiger partial charge in [-0.15, -0.1) is 0 Å². The lowest BCUT2D eigenvalue weighted by atomic mass is 9.92. The predicted molar refractivity (Wildman–Crippen MR) is 154 cm³/mol. The molecule has 0 radical (unpaired) electrons. The van der Waals surface area contributed by atoms with E-state index < -0.39 is 11.9 Å². The number of anilines is 2. The van der Waals surface area contributed by atoms with E-state index in [-0.39, 0.29) is 11.1 Å². The number of hydrogen-bond donors (Lipinski definition) is 3. The second kappa shape index (κ2) is 10.5. The van der Waals surface area contributed by atoms with Gasteiger partial charge in [0.05, 0.1) is 16.9 Å². The number of nitrogens with one attached hydrogen (secondary N) is 2. The molecule has 0 aliphatic rings. The van der Waals surface area contributed by atoms with Crippen molar-refractivity contribution in [2.24, 2.45) is 5.73 Å². The molecular formula is C30H29N7O3. The molecule has 5 aromatic rings. The van der Waals surface area contributed by atoms with Crippen molar-refractivity contribution in [1.29, 1.82) is 0 Å². The number of aromatic nitrogens is 4. The number of aryl methyl sites for hydroxylation is 1. The van der Waals surface area contributed by atoms with Crippen molar-refractivity contribution in [3.8, 4) is 17.2 Å². The zero-order valence-corrected chi connectivity index (χ0v) is 22.6. The van der Waals surface area contributed by atoms with E-state index in [1.807, 2.05) is 43.3 Å². The summed E-state index contributed by atoms with van der Waals surface area (Å²) >= 11 is 0. The maximum atomic E-state index is 13.1. The molecule has 0 atom stereocenters. The molecule has 10 heteroatoms. The number of nitrogens with zero attached hydrogens (tertiary/aromatic N) is 4. The predicted octanol–water partition coefficient (Wildman–Crippen LogP) is 5.96. The fourth-order valence-electron chi connectivity index (χ4n) is 4.08. The third kappa shape index (κ3) is 5.75. The number of ether oxygens (including phenoxy) is 1. The number of nitrogens with two attached hydrogens (primary N) is 1. The van der Waals surface area contributed by atoms with E-state index in [1.54, 1.807) is 35.1 Å². The number of carbonyl (C=O) groups excluding carboxylic acids is 2. The molecule has 0 spiro atoms. The highest BCUT2D eigenvalue weighted by Crippen LogP contribution is 2.29. The number of carbonyl (C=O) groups is 2. The number of pyridine rings is 2. The van der Waals surface area contributed by atoms with Crippen LogP contribution in [0.2, 0.25) is 0 Å². The molecule has 3 amide bonds. The number of amides is 3. The first-order chi connectivity index (χ1) is 19.1.